The van der Waals surface area contributed by atoms with E-state index in [1.807, 2.05) is 16.7 Å². The third-order valence-corrected chi connectivity index (χ3v) is 4.87. The predicted octanol–water partition coefficient (Wildman–Crippen LogP) is 1.65. The first kappa shape index (κ1) is 13.0. The zero-order valence-corrected chi connectivity index (χ0v) is 11.4. The number of carbonyl (C=O) groups is 1. The maximum atomic E-state index is 12.0. The van der Waals surface area contributed by atoms with Crippen molar-refractivity contribution in [3.8, 4) is 0 Å². The molecule has 2 aliphatic heterocycles. The molecule has 1 amide bonds. The van der Waals surface area contributed by atoms with E-state index in [1.54, 1.807) is 0 Å². The van der Waals surface area contributed by atoms with Gasteiger partial charge in [0.25, 0.3) is 0 Å². The largest absolute Gasteiger partial charge is 0.338 e. The van der Waals surface area contributed by atoms with Gasteiger partial charge in [0.2, 0.25) is 5.91 Å². The molecule has 2 aliphatic rings. The summed E-state index contributed by atoms with van der Waals surface area (Å²) in [5.74, 6) is 0.981. The first-order valence-electron chi connectivity index (χ1n) is 6.51. The average molecular weight is 254 g/mol. The van der Waals surface area contributed by atoms with Crippen LogP contribution < -0.4 is 5.32 Å². The fourth-order valence-electron chi connectivity index (χ4n) is 2.24. The van der Waals surface area contributed by atoms with Crippen LogP contribution in [0.2, 0.25) is 0 Å². The van der Waals surface area contributed by atoms with E-state index in [0.29, 0.717) is 16.9 Å². The molecule has 0 saturated carbocycles. The Hall–Kier alpha value is -0.480. The van der Waals surface area contributed by atoms with Gasteiger partial charge in [-0.05, 0) is 39.3 Å². The molecule has 3 nitrogen and oxygen atoms in total. The standard InChI is InChI=1S/C13H22N2OS/c1-11-4-8-15(9-5-11)13(16)10-17-12-2-6-14-7-3-12/h4,12,14H,2-3,5-10H2,1H3. The van der Waals surface area contributed by atoms with Gasteiger partial charge in [0, 0.05) is 18.3 Å². The molecule has 0 atom stereocenters. The van der Waals surface area contributed by atoms with Crippen molar-refractivity contribution in [1.82, 2.24) is 10.2 Å². The van der Waals surface area contributed by atoms with Gasteiger partial charge in [0.05, 0.1) is 5.75 Å². The van der Waals surface area contributed by atoms with E-state index in [4.69, 9.17) is 0 Å². The minimum absolute atomic E-state index is 0.317. The number of nitrogens with zero attached hydrogens (tertiary/aromatic N) is 1. The van der Waals surface area contributed by atoms with Gasteiger partial charge in [0.1, 0.15) is 0 Å². The van der Waals surface area contributed by atoms with E-state index in [-0.39, 0.29) is 0 Å². The number of amides is 1. The highest BCUT2D eigenvalue weighted by molar-refractivity contribution is 8.00. The highest BCUT2D eigenvalue weighted by Gasteiger charge is 2.19. The summed E-state index contributed by atoms with van der Waals surface area (Å²) in [5, 5.41) is 4.04. The second kappa shape index (κ2) is 6.45. The van der Waals surface area contributed by atoms with Crippen LogP contribution in [0.25, 0.3) is 0 Å². The topological polar surface area (TPSA) is 32.3 Å². The van der Waals surface area contributed by atoms with Crippen LogP contribution in [0.3, 0.4) is 0 Å². The Morgan fingerprint density at radius 2 is 2.29 bits per heavy atom. The van der Waals surface area contributed by atoms with Crippen molar-refractivity contribution in [3.05, 3.63) is 11.6 Å². The van der Waals surface area contributed by atoms with Gasteiger partial charge in [-0.2, -0.15) is 0 Å². The zero-order valence-electron chi connectivity index (χ0n) is 10.6. The quantitative estimate of drug-likeness (QED) is 0.777. The van der Waals surface area contributed by atoms with Crippen LogP contribution >= 0.6 is 11.8 Å². The van der Waals surface area contributed by atoms with Crippen molar-refractivity contribution in [1.29, 1.82) is 0 Å². The lowest BCUT2D eigenvalue weighted by Gasteiger charge is -2.27. The van der Waals surface area contributed by atoms with Gasteiger partial charge < -0.3 is 10.2 Å². The Morgan fingerprint density at radius 1 is 1.53 bits per heavy atom. The van der Waals surface area contributed by atoms with Gasteiger partial charge in [-0.1, -0.05) is 11.6 Å². The third-order valence-electron chi connectivity index (χ3n) is 3.52. The molecule has 0 spiro atoms. The molecule has 1 fully saturated rings. The maximum Gasteiger partial charge on any atom is 0.232 e. The third kappa shape index (κ3) is 4.03. The molecule has 0 radical (unpaired) electrons. The van der Waals surface area contributed by atoms with E-state index in [0.717, 1.165) is 32.6 Å². The Balaban J connectivity index is 1.70. The van der Waals surface area contributed by atoms with E-state index >= 15 is 0 Å². The molecule has 1 N–H and O–H groups in total. The Morgan fingerprint density at radius 3 is 2.94 bits per heavy atom. The van der Waals surface area contributed by atoms with Crippen LogP contribution in [-0.4, -0.2) is 48.0 Å². The van der Waals surface area contributed by atoms with Crippen molar-refractivity contribution < 1.29 is 4.79 Å². The zero-order chi connectivity index (χ0) is 12.1. The summed E-state index contributed by atoms with van der Waals surface area (Å²) in [5.41, 5.74) is 1.42. The van der Waals surface area contributed by atoms with E-state index < -0.39 is 0 Å². The van der Waals surface area contributed by atoms with Gasteiger partial charge in [0.15, 0.2) is 0 Å². The molecule has 2 rings (SSSR count). The first-order chi connectivity index (χ1) is 8.25. The fraction of sp³-hybridized carbons (Fsp3) is 0.769. The van der Waals surface area contributed by atoms with Crippen LogP contribution in [0.4, 0.5) is 0 Å². The Labute approximate surface area is 108 Å². The van der Waals surface area contributed by atoms with Crippen LogP contribution in [0.1, 0.15) is 26.2 Å². The van der Waals surface area contributed by atoms with Crippen LogP contribution in [0, 0.1) is 0 Å². The van der Waals surface area contributed by atoms with Crippen molar-refractivity contribution >= 4 is 17.7 Å². The molecular weight excluding hydrogens is 232 g/mol. The number of hydrogen-bond acceptors (Lipinski definition) is 3. The molecule has 0 bridgehead atoms. The minimum atomic E-state index is 0.317. The molecule has 2 heterocycles. The van der Waals surface area contributed by atoms with Crippen molar-refractivity contribution in [3.63, 3.8) is 0 Å². The van der Waals surface area contributed by atoms with E-state index in [1.165, 1.54) is 18.4 Å². The summed E-state index contributed by atoms with van der Waals surface area (Å²) >= 11 is 1.85. The van der Waals surface area contributed by atoms with Crippen LogP contribution in [0.5, 0.6) is 0 Å². The van der Waals surface area contributed by atoms with Crippen LogP contribution in [0.15, 0.2) is 11.6 Å². The molecule has 17 heavy (non-hydrogen) atoms. The highest BCUT2D eigenvalue weighted by atomic mass is 32.2. The number of nitrogens with one attached hydrogen (secondary N) is 1. The molecule has 1 saturated heterocycles. The summed E-state index contributed by atoms with van der Waals surface area (Å²) in [7, 11) is 0. The molecule has 4 heteroatoms. The molecule has 0 aromatic carbocycles. The van der Waals surface area contributed by atoms with Crippen LogP contribution in [-0.2, 0) is 4.79 Å². The predicted molar refractivity (Wildman–Crippen MR) is 73.3 cm³/mol. The Bertz CT molecular complexity index is 298. The molecule has 0 aromatic rings. The van der Waals surface area contributed by atoms with E-state index in [9.17, 15) is 4.79 Å². The summed E-state index contributed by atoms with van der Waals surface area (Å²) in [6, 6.07) is 0. The second-order valence-corrected chi connectivity index (χ2v) is 6.19. The molecular formula is C13H22N2OS. The number of carbonyl (C=O) groups excluding carboxylic acids is 1. The van der Waals surface area contributed by atoms with E-state index in [2.05, 4.69) is 18.3 Å². The first-order valence-corrected chi connectivity index (χ1v) is 7.56. The average Bonchev–Trinajstić information content (AvgIpc) is 2.38. The molecule has 96 valence electrons. The molecule has 0 aromatic heterocycles. The fourth-order valence-corrected chi connectivity index (χ4v) is 3.37. The number of hydrogen-bond donors (Lipinski definition) is 1. The normalized spacial score (nSPS) is 22.4. The number of piperidine rings is 1. The van der Waals surface area contributed by atoms with Gasteiger partial charge in [-0.25, -0.2) is 0 Å². The lowest BCUT2D eigenvalue weighted by Crippen LogP contribution is -2.37. The summed E-state index contributed by atoms with van der Waals surface area (Å²) in [6.07, 6.45) is 5.63. The summed E-state index contributed by atoms with van der Waals surface area (Å²) < 4.78 is 0. The minimum Gasteiger partial charge on any atom is -0.338 e. The smallest absolute Gasteiger partial charge is 0.232 e. The number of rotatable bonds is 3. The van der Waals surface area contributed by atoms with Crippen molar-refractivity contribution in [2.24, 2.45) is 0 Å². The van der Waals surface area contributed by atoms with Crippen molar-refractivity contribution in [2.75, 3.05) is 31.9 Å². The number of thioether (sulfide) groups is 1. The lowest BCUT2D eigenvalue weighted by atomic mass is 10.1. The second-order valence-electron chi connectivity index (χ2n) is 4.90. The maximum absolute atomic E-state index is 12.0. The Kier molecular flexibility index (Phi) is 4.92. The monoisotopic (exact) mass is 254 g/mol. The highest BCUT2D eigenvalue weighted by Crippen LogP contribution is 2.21. The summed E-state index contributed by atoms with van der Waals surface area (Å²) in [6.45, 7) is 6.09. The van der Waals surface area contributed by atoms with Gasteiger partial charge >= 0.3 is 0 Å². The molecule has 0 unspecified atom stereocenters. The summed E-state index contributed by atoms with van der Waals surface area (Å²) in [4.78, 5) is 14.0. The lowest BCUT2D eigenvalue weighted by molar-refractivity contribution is -0.128. The molecule has 0 aliphatic carbocycles. The van der Waals surface area contributed by atoms with Crippen molar-refractivity contribution in [2.45, 2.75) is 31.4 Å². The SMILES string of the molecule is CC1=CCN(C(=O)CSC2CCNCC2)CC1. The van der Waals surface area contributed by atoms with Gasteiger partial charge in [-0.3, -0.25) is 4.79 Å². The van der Waals surface area contributed by atoms with Gasteiger partial charge in [-0.15, -0.1) is 11.8 Å².